The van der Waals surface area contributed by atoms with Gasteiger partial charge in [0.05, 0.1) is 29.0 Å². The van der Waals surface area contributed by atoms with E-state index in [-0.39, 0.29) is 29.8 Å². The number of anilines is 1. The minimum absolute atomic E-state index is 0.136. The number of benzene rings is 2. The predicted molar refractivity (Wildman–Crippen MR) is 186 cm³/mol. The summed E-state index contributed by atoms with van der Waals surface area (Å²) in [6.45, 7) is 2.99. The number of nitrogens with one attached hydrogen (secondary N) is 1. The van der Waals surface area contributed by atoms with Gasteiger partial charge in [-0.05, 0) is 81.4 Å². The van der Waals surface area contributed by atoms with Crippen molar-refractivity contribution in [3.05, 3.63) is 77.0 Å². The first-order valence-electron chi connectivity index (χ1n) is 17.0. The van der Waals surface area contributed by atoms with Gasteiger partial charge in [-0.15, -0.1) is 10.2 Å². The van der Waals surface area contributed by atoms with Gasteiger partial charge in [-0.25, -0.2) is 4.79 Å². The minimum Gasteiger partial charge on any atom is -0.507 e. The maximum atomic E-state index is 13.2. The lowest BCUT2D eigenvalue weighted by Gasteiger charge is -2.32. The molecule has 2 fully saturated rings. The number of hydrogen-bond acceptors (Lipinski definition) is 9. The molecule has 13 nitrogen and oxygen atoms in total. The lowest BCUT2D eigenvalue weighted by atomic mass is 10.0. The summed E-state index contributed by atoms with van der Waals surface area (Å²) >= 11 is 0. The van der Waals surface area contributed by atoms with Crippen molar-refractivity contribution in [3.63, 3.8) is 0 Å². The number of nitrogens with zero attached hydrogens (tertiary/aromatic N) is 7. The highest BCUT2D eigenvalue weighted by Crippen LogP contribution is 2.33. The quantitative estimate of drug-likeness (QED) is 0.148. The third kappa shape index (κ3) is 6.45. The van der Waals surface area contributed by atoms with Crippen LogP contribution in [0.4, 0.5) is 5.82 Å². The van der Waals surface area contributed by atoms with Crippen molar-refractivity contribution in [1.82, 2.24) is 39.3 Å². The number of nitrogen functional groups attached to an aromatic ring is 1. The van der Waals surface area contributed by atoms with Crippen LogP contribution in [0.15, 0.2) is 65.7 Å². The first-order chi connectivity index (χ1) is 23.8. The summed E-state index contributed by atoms with van der Waals surface area (Å²) in [5.74, 6) is -0.263. The number of amides is 2. The Labute approximate surface area is 283 Å². The summed E-state index contributed by atoms with van der Waals surface area (Å²) in [5.41, 5.74) is 11.4. The van der Waals surface area contributed by atoms with Crippen LogP contribution in [0.25, 0.3) is 33.4 Å². The zero-order valence-electron chi connectivity index (χ0n) is 27.6. The Morgan fingerprint density at radius 2 is 1.86 bits per heavy atom. The summed E-state index contributed by atoms with van der Waals surface area (Å²) in [6, 6.07) is 14.3. The second-order valence-electron chi connectivity index (χ2n) is 13.1. The van der Waals surface area contributed by atoms with Crippen molar-refractivity contribution in [2.24, 2.45) is 7.05 Å². The molecule has 5 heterocycles. The number of aromatic nitrogens is 6. The van der Waals surface area contributed by atoms with Gasteiger partial charge in [-0.2, -0.15) is 5.10 Å². The highest BCUT2D eigenvalue weighted by Gasteiger charge is 2.31. The molecule has 2 amide bonds. The van der Waals surface area contributed by atoms with Crippen LogP contribution in [0.3, 0.4) is 0 Å². The largest absolute Gasteiger partial charge is 0.507 e. The number of aromatic hydroxyl groups is 1. The molecule has 2 unspecified atom stereocenters. The fourth-order valence-electron chi connectivity index (χ4n) is 7.36. The highest BCUT2D eigenvalue weighted by molar-refractivity contribution is 6.00. The number of nitrogens with two attached hydrogens (primary N) is 1. The number of phenolic OH excluding ortho intramolecular Hbond substituents is 1. The molecule has 7 rings (SSSR count). The number of carbonyl (C=O) groups is 2. The normalized spacial score (nSPS) is 18.6. The molecule has 2 aliphatic rings. The first-order valence-corrected chi connectivity index (χ1v) is 17.0. The number of imide groups is 1. The van der Waals surface area contributed by atoms with Gasteiger partial charge in [0.25, 0.3) is 0 Å². The van der Waals surface area contributed by atoms with Crippen LogP contribution in [0.5, 0.6) is 5.75 Å². The smallest absolute Gasteiger partial charge is 0.329 e. The van der Waals surface area contributed by atoms with Gasteiger partial charge in [0.2, 0.25) is 11.8 Å². The van der Waals surface area contributed by atoms with Gasteiger partial charge >= 0.3 is 5.69 Å². The Hall–Kier alpha value is -5.30. The molecule has 0 saturated carbocycles. The maximum Gasteiger partial charge on any atom is 0.329 e. The van der Waals surface area contributed by atoms with E-state index in [1.54, 1.807) is 34.4 Å². The zero-order chi connectivity index (χ0) is 34.1. The van der Waals surface area contributed by atoms with E-state index in [1.165, 1.54) is 0 Å². The van der Waals surface area contributed by atoms with Crippen LogP contribution in [-0.2, 0) is 23.1 Å². The lowest BCUT2D eigenvalue weighted by Crippen LogP contribution is -2.44. The topological polar surface area (TPSA) is 166 Å². The molecular weight excluding hydrogens is 622 g/mol. The number of carbonyl (C=O) groups excluding carboxylic acids is 2. The third-order valence-corrected chi connectivity index (χ3v) is 9.90. The molecule has 0 bridgehead atoms. The van der Waals surface area contributed by atoms with E-state index in [0.29, 0.717) is 23.5 Å². The van der Waals surface area contributed by atoms with Crippen LogP contribution in [0.2, 0.25) is 0 Å². The van der Waals surface area contributed by atoms with Crippen LogP contribution >= 0.6 is 0 Å². The van der Waals surface area contributed by atoms with Crippen molar-refractivity contribution in [1.29, 1.82) is 0 Å². The van der Waals surface area contributed by atoms with Gasteiger partial charge in [0.15, 0.2) is 5.82 Å². The molecule has 0 radical (unpaired) electrons. The van der Waals surface area contributed by atoms with Crippen molar-refractivity contribution in [3.8, 4) is 28.1 Å². The summed E-state index contributed by atoms with van der Waals surface area (Å²) in [6.07, 6.45) is 10.5. The fraction of sp³-hybridized carbons (Fsp3) is 0.389. The van der Waals surface area contributed by atoms with Crippen LogP contribution in [0, 0.1) is 0 Å². The van der Waals surface area contributed by atoms with E-state index in [1.807, 2.05) is 41.3 Å². The van der Waals surface area contributed by atoms with Crippen LogP contribution in [0.1, 0.15) is 62.6 Å². The van der Waals surface area contributed by atoms with Gasteiger partial charge in [0.1, 0.15) is 11.8 Å². The average molecular weight is 664 g/mol. The van der Waals surface area contributed by atoms with E-state index in [4.69, 9.17) is 10.8 Å². The predicted octanol–water partition coefficient (Wildman–Crippen LogP) is 3.98. The van der Waals surface area contributed by atoms with E-state index in [2.05, 4.69) is 26.5 Å². The second kappa shape index (κ2) is 13.7. The Bertz CT molecular complexity index is 2080. The molecule has 4 N–H and O–H groups in total. The zero-order valence-corrected chi connectivity index (χ0v) is 27.6. The summed E-state index contributed by atoms with van der Waals surface area (Å²) in [4.78, 5) is 40.0. The summed E-state index contributed by atoms with van der Waals surface area (Å²) in [7, 11) is 1.75. The van der Waals surface area contributed by atoms with Gasteiger partial charge < -0.3 is 15.7 Å². The average Bonchev–Trinajstić information content (AvgIpc) is 3.69. The molecule has 49 heavy (non-hydrogen) atoms. The molecule has 254 valence electrons. The molecule has 2 atom stereocenters. The monoisotopic (exact) mass is 663 g/mol. The van der Waals surface area contributed by atoms with Crippen molar-refractivity contribution in [2.75, 3.05) is 25.4 Å². The van der Waals surface area contributed by atoms with E-state index < -0.39 is 11.9 Å². The SMILES string of the molecule is Cn1c(=O)n(C2CCC(=O)NC2=O)c2cccc(CCCCCN3CCCC(n4cc(-c5cc(-c6ccccc6O)nnc5N)cn4)C3)c21. The number of para-hydroxylation sites is 2. The third-order valence-electron chi connectivity index (χ3n) is 9.90. The van der Waals surface area contributed by atoms with Crippen LogP contribution < -0.4 is 16.7 Å². The Balaban J connectivity index is 0.950. The number of piperidine rings is 2. The second-order valence-corrected chi connectivity index (χ2v) is 13.1. The lowest BCUT2D eigenvalue weighted by molar-refractivity contribution is -0.135. The number of aryl methyl sites for hydroxylation is 2. The maximum absolute atomic E-state index is 13.2. The van der Waals surface area contributed by atoms with Crippen LogP contribution in [-0.4, -0.2) is 70.6 Å². The van der Waals surface area contributed by atoms with Gasteiger partial charge in [-0.1, -0.05) is 30.7 Å². The number of fused-ring (bicyclic) bond motifs is 1. The van der Waals surface area contributed by atoms with Crippen molar-refractivity contribution in [2.45, 2.75) is 63.5 Å². The van der Waals surface area contributed by atoms with Gasteiger partial charge in [-0.3, -0.25) is 28.7 Å². The molecular formula is C36H41N9O4. The molecule has 2 saturated heterocycles. The number of hydrogen-bond donors (Lipinski definition) is 3. The Morgan fingerprint density at radius 3 is 2.69 bits per heavy atom. The molecule has 2 aliphatic heterocycles. The van der Waals surface area contributed by atoms with E-state index >= 15 is 0 Å². The molecule has 0 aliphatic carbocycles. The van der Waals surface area contributed by atoms with Crippen molar-refractivity contribution >= 4 is 28.7 Å². The number of imidazole rings is 1. The fourth-order valence-corrected chi connectivity index (χ4v) is 7.36. The highest BCUT2D eigenvalue weighted by atomic mass is 16.3. The molecule has 2 aromatic carbocycles. The van der Waals surface area contributed by atoms with Crippen molar-refractivity contribution < 1.29 is 14.7 Å². The molecule has 5 aromatic rings. The Morgan fingerprint density at radius 1 is 1.00 bits per heavy atom. The summed E-state index contributed by atoms with van der Waals surface area (Å²) < 4.78 is 5.22. The Kier molecular flexibility index (Phi) is 9.00. The molecule has 3 aromatic heterocycles. The number of phenols is 1. The molecule has 0 spiro atoms. The van der Waals surface area contributed by atoms with Gasteiger partial charge in [0, 0.05) is 42.9 Å². The first kappa shape index (κ1) is 32.3. The summed E-state index contributed by atoms with van der Waals surface area (Å²) in [5, 5.41) is 25.7. The number of likely N-dealkylation sites (tertiary alicyclic amines) is 1. The number of unbranched alkanes of at least 4 members (excludes halogenated alkanes) is 2. The molecule has 13 heteroatoms. The van der Waals surface area contributed by atoms with E-state index in [0.717, 1.165) is 85.9 Å². The minimum atomic E-state index is -0.681. The number of rotatable bonds is 10. The standard InChI is InChI=1S/C36H41N9O4/c1-42-33-23(10-7-13-29(33)45(36(42)49)30-15-16-32(47)39-35(30)48)9-3-2-6-17-43-18-8-11-25(22-43)44-21-24(20-38-44)27-19-28(40-41-34(27)37)26-12-4-5-14-31(26)46/h4-5,7,10,12-14,19-21,25,30,46H,2-3,6,8-9,11,15-18,22H2,1H3,(H2,37,41)(H,39,47,48). The van der Waals surface area contributed by atoms with E-state index in [9.17, 15) is 19.5 Å².